The van der Waals surface area contributed by atoms with Crippen LogP contribution in [0.25, 0.3) is 0 Å². The molecule has 6 nitrogen and oxygen atoms in total. The van der Waals surface area contributed by atoms with E-state index in [4.69, 9.17) is 5.73 Å². The Hall–Kier alpha value is -1.59. The van der Waals surface area contributed by atoms with Crippen molar-refractivity contribution in [3.05, 3.63) is 21.0 Å². The molecule has 48 valence electrons. The van der Waals surface area contributed by atoms with Gasteiger partial charge in [-0.2, -0.15) is 4.98 Å². The Balaban J connectivity index is 3.52. The molecule has 0 aliphatic carbocycles. The first-order chi connectivity index (χ1) is 4.18. The fourth-order valence-electron chi connectivity index (χ4n) is 0.410. The zero-order valence-corrected chi connectivity index (χ0v) is 4.34. The third-order valence-electron chi connectivity index (χ3n) is 0.684. The molecule has 0 aliphatic heterocycles. The van der Waals surface area contributed by atoms with Crippen molar-refractivity contribution >= 4 is 5.95 Å². The first-order valence-corrected chi connectivity index (χ1v) is 2.14. The molecule has 0 saturated heterocycles. The van der Waals surface area contributed by atoms with Gasteiger partial charge in [0, 0.05) is 0 Å². The van der Waals surface area contributed by atoms with Gasteiger partial charge in [-0.05, 0) is 0 Å². The van der Waals surface area contributed by atoms with Crippen molar-refractivity contribution in [2.75, 3.05) is 5.73 Å². The van der Waals surface area contributed by atoms with Crippen LogP contribution in [0.5, 0.6) is 0 Å². The average Bonchev–Trinajstić information content (AvgIpc) is 1.59. The lowest BCUT2D eigenvalue weighted by Crippen LogP contribution is -2.25. The van der Waals surface area contributed by atoms with Gasteiger partial charge >= 0.3 is 11.4 Å². The number of aromatic amines is 2. The second-order valence-electron chi connectivity index (χ2n) is 1.38. The maximum Gasteiger partial charge on any atom is 0.352 e. The van der Waals surface area contributed by atoms with Crippen LogP contribution in [-0.4, -0.2) is 15.0 Å². The highest BCUT2D eigenvalue weighted by atomic mass is 16.2. The van der Waals surface area contributed by atoms with E-state index in [-0.39, 0.29) is 5.95 Å². The lowest BCUT2D eigenvalue weighted by atomic mass is 11.6. The number of rotatable bonds is 0. The zero-order valence-electron chi connectivity index (χ0n) is 4.34. The molecule has 0 spiro atoms. The topological polar surface area (TPSA) is 105 Å². The van der Waals surface area contributed by atoms with E-state index in [9.17, 15) is 9.59 Å². The molecule has 0 fully saturated rings. The summed E-state index contributed by atoms with van der Waals surface area (Å²) in [7, 11) is 0. The molecular formula is C3H4N4O2. The molecule has 0 bridgehead atoms. The van der Waals surface area contributed by atoms with Gasteiger partial charge in [0.2, 0.25) is 5.95 Å². The lowest BCUT2D eigenvalue weighted by molar-refractivity contribution is 0.947. The summed E-state index contributed by atoms with van der Waals surface area (Å²) in [6.07, 6.45) is 0. The van der Waals surface area contributed by atoms with Gasteiger partial charge < -0.3 is 5.73 Å². The minimum absolute atomic E-state index is 0.177. The molecule has 1 aromatic heterocycles. The fraction of sp³-hybridized carbons (Fsp3) is 0. The van der Waals surface area contributed by atoms with Gasteiger partial charge in [-0.15, -0.1) is 0 Å². The molecule has 1 rings (SSSR count). The van der Waals surface area contributed by atoms with Gasteiger partial charge in [0.05, 0.1) is 0 Å². The summed E-state index contributed by atoms with van der Waals surface area (Å²) < 4.78 is 0. The van der Waals surface area contributed by atoms with Crippen LogP contribution in [0.15, 0.2) is 9.59 Å². The van der Waals surface area contributed by atoms with E-state index >= 15 is 0 Å². The standard InChI is InChI=1S/C3H4N4O2/c4-1-5-2(8)7-3(9)6-1/h(H4,4,5,6,7,8,9)/i1+1,2+1,3+1. The molecule has 9 heavy (non-hydrogen) atoms. The van der Waals surface area contributed by atoms with E-state index in [1.54, 1.807) is 0 Å². The first kappa shape index (κ1) is 5.54. The molecule has 6 heteroatoms. The van der Waals surface area contributed by atoms with E-state index in [0.29, 0.717) is 0 Å². The van der Waals surface area contributed by atoms with Crippen LogP contribution in [0.2, 0.25) is 0 Å². The zero-order chi connectivity index (χ0) is 6.85. The van der Waals surface area contributed by atoms with Crippen LogP contribution in [0.4, 0.5) is 5.95 Å². The molecule has 0 saturated carbocycles. The molecule has 0 amide bonds. The van der Waals surface area contributed by atoms with Crippen LogP contribution < -0.4 is 17.1 Å². The Kier molecular flexibility index (Phi) is 1.07. The monoisotopic (exact) mass is 131 g/mol. The van der Waals surface area contributed by atoms with E-state index in [2.05, 4.69) is 9.97 Å². The highest BCUT2D eigenvalue weighted by Gasteiger charge is 1.88. The average molecular weight is 131 g/mol. The SMILES string of the molecule is N[13c]1n[13c](=O)[nH][13c](=O)[nH]1. The maximum atomic E-state index is 10.3. The van der Waals surface area contributed by atoms with Crippen molar-refractivity contribution in [2.45, 2.75) is 0 Å². The summed E-state index contributed by atoms with van der Waals surface area (Å²) >= 11 is 0. The Bertz CT molecular complexity index is 282. The van der Waals surface area contributed by atoms with Crippen molar-refractivity contribution < 1.29 is 0 Å². The normalized spacial score (nSPS) is 9.33. The van der Waals surface area contributed by atoms with Crippen LogP contribution in [0, 0.1) is 0 Å². The molecular weight excluding hydrogens is 127 g/mol. The highest BCUT2D eigenvalue weighted by Crippen LogP contribution is 1.69. The van der Waals surface area contributed by atoms with E-state index in [1.807, 2.05) is 4.98 Å². The highest BCUT2D eigenvalue weighted by molar-refractivity contribution is 5.08. The fourth-order valence-corrected chi connectivity index (χ4v) is 0.410. The number of hydrogen-bond donors (Lipinski definition) is 3. The van der Waals surface area contributed by atoms with Gasteiger partial charge in [0.1, 0.15) is 0 Å². The van der Waals surface area contributed by atoms with Gasteiger partial charge in [-0.3, -0.25) is 9.97 Å². The molecule has 1 heterocycles. The van der Waals surface area contributed by atoms with Crippen LogP contribution in [-0.2, 0) is 0 Å². The number of hydrogen-bond acceptors (Lipinski definition) is 4. The number of nitrogen functional groups attached to an aromatic ring is 1. The van der Waals surface area contributed by atoms with Gasteiger partial charge in [-0.1, -0.05) is 0 Å². The number of nitrogens with one attached hydrogen (secondary N) is 2. The smallest absolute Gasteiger partial charge is 0.352 e. The maximum absolute atomic E-state index is 10.3. The predicted octanol–water partition coefficient (Wildman–Crippen LogP) is -1.96. The second-order valence-corrected chi connectivity index (χ2v) is 1.38. The molecule has 0 unspecified atom stereocenters. The van der Waals surface area contributed by atoms with Crippen molar-refractivity contribution in [3.63, 3.8) is 0 Å². The van der Waals surface area contributed by atoms with E-state index in [1.165, 1.54) is 0 Å². The van der Waals surface area contributed by atoms with Crippen LogP contribution in [0.1, 0.15) is 0 Å². The molecule has 0 atom stereocenters. The lowest BCUT2D eigenvalue weighted by Gasteiger charge is -1.84. The summed E-state index contributed by atoms with van der Waals surface area (Å²) in [5.41, 5.74) is 3.59. The number of nitrogens with two attached hydrogens (primary N) is 1. The Morgan fingerprint density at radius 1 is 1.33 bits per heavy atom. The summed E-state index contributed by atoms with van der Waals surface area (Å²) in [6.45, 7) is 0. The Labute approximate surface area is 48.8 Å². The molecule has 4 N–H and O–H groups in total. The van der Waals surface area contributed by atoms with Crippen molar-refractivity contribution in [3.8, 4) is 0 Å². The third kappa shape index (κ3) is 1.15. The minimum atomic E-state index is -0.740. The van der Waals surface area contributed by atoms with E-state index in [0.717, 1.165) is 0 Å². The number of nitrogens with zero attached hydrogens (tertiary/aromatic N) is 1. The summed E-state index contributed by atoms with van der Waals surface area (Å²) in [5.74, 6) is -0.177. The van der Waals surface area contributed by atoms with Gasteiger partial charge in [0.15, 0.2) is 0 Å². The minimum Gasteiger partial charge on any atom is -0.369 e. The van der Waals surface area contributed by atoms with Crippen molar-refractivity contribution in [1.82, 2.24) is 15.0 Å². The number of H-pyrrole nitrogens is 2. The molecule has 0 aromatic carbocycles. The van der Waals surface area contributed by atoms with Gasteiger partial charge in [0.25, 0.3) is 0 Å². The summed E-state index contributed by atoms with van der Waals surface area (Å²) in [5, 5.41) is 0. The summed E-state index contributed by atoms with van der Waals surface area (Å²) in [4.78, 5) is 27.6. The Morgan fingerprint density at radius 2 is 2.00 bits per heavy atom. The van der Waals surface area contributed by atoms with Crippen LogP contribution >= 0.6 is 0 Å². The summed E-state index contributed by atoms with van der Waals surface area (Å²) in [6, 6.07) is 0. The molecule has 0 radical (unpaired) electrons. The van der Waals surface area contributed by atoms with Crippen molar-refractivity contribution in [1.29, 1.82) is 0 Å². The second kappa shape index (κ2) is 1.73. The first-order valence-electron chi connectivity index (χ1n) is 2.14. The molecule has 0 aliphatic rings. The Morgan fingerprint density at radius 3 is 2.44 bits per heavy atom. The number of aromatic nitrogens is 3. The third-order valence-corrected chi connectivity index (χ3v) is 0.684. The quantitative estimate of drug-likeness (QED) is 0.380. The number of anilines is 1. The van der Waals surface area contributed by atoms with E-state index < -0.39 is 11.4 Å². The largest absolute Gasteiger partial charge is 0.369 e. The predicted molar refractivity (Wildman–Crippen MR) is 29.9 cm³/mol. The van der Waals surface area contributed by atoms with Crippen LogP contribution in [0.3, 0.4) is 0 Å². The van der Waals surface area contributed by atoms with Gasteiger partial charge in [-0.25, -0.2) is 9.59 Å². The molecule has 1 aromatic rings. The van der Waals surface area contributed by atoms with Crippen molar-refractivity contribution in [2.24, 2.45) is 0 Å².